The van der Waals surface area contributed by atoms with Gasteiger partial charge >= 0.3 is 6.03 Å². The van der Waals surface area contributed by atoms with Crippen molar-refractivity contribution in [2.24, 2.45) is 5.92 Å². The molecule has 0 saturated carbocycles. The van der Waals surface area contributed by atoms with Crippen molar-refractivity contribution in [3.05, 3.63) is 0 Å². The Kier molecular flexibility index (Phi) is 9.55. The predicted molar refractivity (Wildman–Crippen MR) is 77.6 cm³/mol. The quantitative estimate of drug-likeness (QED) is 0.676. The van der Waals surface area contributed by atoms with Crippen molar-refractivity contribution < 1.29 is 9.59 Å². The molecule has 1 saturated heterocycles. The maximum Gasteiger partial charge on any atom is 0.321 e. The van der Waals surface area contributed by atoms with E-state index in [2.05, 4.69) is 20.9 Å². The van der Waals surface area contributed by atoms with Crippen molar-refractivity contribution >= 4 is 24.3 Å². The second-order valence-corrected chi connectivity index (χ2v) is 4.71. The van der Waals surface area contributed by atoms with Crippen LogP contribution in [0.25, 0.3) is 0 Å². The Labute approximate surface area is 121 Å². The fourth-order valence-corrected chi connectivity index (χ4v) is 2.32. The largest absolute Gasteiger partial charge is 0.338 e. The topological polar surface area (TPSA) is 73.5 Å². The summed E-state index contributed by atoms with van der Waals surface area (Å²) < 4.78 is 0. The molecule has 1 aliphatic heterocycles. The van der Waals surface area contributed by atoms with Gasteiger partial charge in [0.05, 0.1) is 6.54 Å². The minimum absolute atomic E-state index is 0. The summed E-state index contributed by atoms with van der Waals surface area (Å²) in [5.74, 6) is 0.368. The lowest BCUT2D eigenvalue weighted by molar-refractivity contribution is -0.121. The van der Waals surface area contributed by atoms with Crippen molar-refractivity contribution in [3.8, 4) is 0 Å². The van der Waals surface area contributed by atoms with E-state index >= 15 is 0 Å². The normalized spacial score (nSPS) is 19.4. The molecule has 0 aromatic rings. The molecule has 1 atom stereocenters. The van der Waals surface area contributed by atoms with Crippen LogP contribution < -0.4 is 16.0 Å². The maximum absolute atomic E-state index is 11.6. The summed E-state index contributed by atoms with van der Waals surface area (Å²) in [7, 11) is 1.95. The summed E-state index contributed by atoms with van der Waals surface area (Å²) in [6.45, 7) is 5.47. The van der Waals surface area contributed by atoms with Crippen LogP contribution in [0.3, 0.4) is 0 Å². The molecule has 6 nitrogen and oxygen atoms in total. The Hall–Kier alpha value is -0.850. The Morgan fingerprint density at radius 1 is 1.37 bits per heavy atom. The molecule has 0 spiro atoms. The van der Waals surface area contributed by atoms with Crippen molar-refractivity contribution in [1.29, 1.82) is 0 Å². The van der Waals surface area contributed by atoms with E-state index in [1.807, 2.05) is 14.0 Å². The van der Waals surface area contributed by atoms with Gasteiger partial charge in [-0.05, 0) is 45.8 Å². The second kappa shape index (κ2) is 10.00. The molecule has 0 aromatic heterocycles. The fraction of sp³-hybridized carbons (Fsp3) is 0.833. The molecule has 1 fully saturated rings. The molecular weight excluding hydrogens is 268 g/mol. The highest BCUT2D eigenvalue weighted by Gasteiger charge is 2.21. The molecule has 0 aliphatic carbocycles. The number of nitrogens with zero attached hydrogens (tertiary/aromatic N) is 1. The average Bonchev–Trinajstić information content (AvgIpc) is 2.29. The van der Waals surface area contributed by atoms with Gasteiger partial charge < -0.3 is 10.6 Å². The van der Waals surface area contributed by atoms with E-state index in [9.17, 15) is 9.59 Å². The third-order valence-electron chi connectivity index (χ3n) is 3.05. The third kappa shape index (κ3) is 7.34. The van der Waals surface area contributed by atoms with Crippen LogP contribution in [0.15, 0.2) is 0 Å². The number of hydrogen-bond acceptors (Lipinski definition) is 4. The van der Waals surface area contributed by atoms with Crippen molar-refractivity contribution in [3.63, 3.8) is 0 Å². The van der Waals surface area contributed by atoms with Crippen LogP contribution in [0.2, 0.25) is 0 Å². The van der Waals surface area contributed by atoms with Gasteiger partial charge in [0.25, 0.3) is 0 Å². The lowest BCUT2D eigenvalue weighted by Gasteiger charge is -2.31. The minimum Gasteiger partial charge on any atom is -0.338 e. The number of hydrogen-bond donors (Lipinski definition) is 3. The highest BCUT2D eigenvalue weighted by molar-refractivity contribution is 5.95. The zero-order valence-electron chi connectivity index (χ0n) is 11.7. The van der Waals surface area contributed by atoms with Crippen molar-refractivity contribution in [1.82, 2.24) is 20.9 Å². The second-order valence-electron chi connectivity index (χ2n) is 4.71. The highest BCUT2D eigenvalue weighted by Crippen LogP contribution is 2.14. The van der Waals surface area contributed by atoms with E-state index in [1.165, 1.54) is 6.42 Å². The molecule has 1 heterocycles. The van der Waals surface area contributed by atoms with E-state index in [0.29, 0.717) is 19.0 Å². The van der Waals surface area contributed by atoms with Gasteiger partial charge in [-0.15, -0.1) is 12.4 Å². The van der Waals surface area contributed by atoms with Gasteiger partial charge in [-0.3, -0.25) is 15.0 Å². The first-order valence-electron chi connectivity index (χ1n) is 6.60. The molecule has 0 bridgehead atoms. The van der Waals surface area contributed by atoms with E-state index in [1.54, 1.807) is 0 Å². The van der Waals surface area contributed by atoms with Crippen LogP contribution in [0.5, 0.6) is 0 Å². The molecule has 3 N–H and O–H groups in total. The molecule has 112 valence electrons. The number of piperidine rings is 1. The maximum atomic E-state index is 11.6. The van der Waals surface area contributed by atoms with E-state index in [4.69, 9.17) is 0 Å². The SMILES string of the molecule is CCNC(=O)NC(=O)CN1CCCC(CNC)C1.Cl. The Balaban J connectivity index is 0.00000324. The van der Waals surface area contributed by atoms with Crippen molar-refractivity contribution in [2.45, 2.75) is 19.8 Å². The zero-order chi connectivity index (χ0) is 13.4. The average molecular weight is 293 g/mol. The van der Waals surface area contributed by atoms with Gasteiger partial charge in [0.2, 0.25) is 5.91 Å². The Morgan fingerprint density at radius 3 is 2.74 bits per heavy atom. The number of halogens is 1. The lowest BCUT2D eigenvalue weighted by Crippen LogP contribution is -2.47. The van der Waals surface area contributed by atoms with Crippen molar-refractivity contribution in [2.75, 3.05) is 39.8 Å². The molecule has 19 heavy (non-hydrogen) atoms. The number of nitrogens with one attached hydrogen (secondary N) is 3. The molecular formula is C12H25ClN4O2. The van der Waals surface area contributed by atoms with Gasteiger partial charge in [0.15, 0.2) is 0 Å². The lowest BCUT2D eigenvalue weighted by atomic mass is 9.98. The first-order chi connectivity index (χ1) is 8.65. The van der Waals surface area contributed by atoms with Crippen LogP contribution in [-0.2, 0) is 4.79 Å². The highest BCUT2D eigenvalue weighted by atomic mass is 35.5. The van der Waals surface area contributed by atoms with Crippen LogP contribution in [0.1, 0.15) is 19.8 Å². The first-order valence-corrected chi connectivity index (χ1v) is 6.60. The van der Waals surface area contributed by atoms with Gasteiger partial charge in [0, 0.05) is 13.1 Å². The smallest absolute Gasteiger partial charge is 0.321 e. The number of amides is 3. The molecule has 0 aromatic carbocycles. The molecule has 1 rings (SSSR count). The molecule has 1 unspecified atom stereocenters. The van der Waals surface area contributed by atoms with E-state index < -0.39 is 6.03 Å². The number of likely N-dealkylation sites (tertiary alicyclic amines) is 1. The number of carbonyl (C=O) groups is 2. The number of imide groups is 1. The monoisotopic (exact) mass is 292 g/mol. The standard InChI is InChI=1S/C12H24N4O2.ClH/c1-3-14-12(18)15-11(17)9-16-6-4-5-10(8-16)7-13-2;/h10,13H,3-9H2,1-2H3,(H2,14,15,17,18);1H. The fourth-order valence-electron chi connectivity index (χ4n) is 2.32. The van der Waals surface area contributed by atoms with Gasteiger partial charge in [-0.2, -0.15) is 0 Å². The first kappa shape index (κ1) is 18.1. The predicted octanol–water partition coefficient (Wildman–Crippen LogP) is 0.185. The summed E-state index contributed by atoms with van der Waals surface area (Å²) >= 11 is 0. The number of carbonyl (C=O) groups excluding carboxylic acids is 2. The summed E-state index contributed by atoms with van der Waals surface area (Å²) in [6.07, 6.45) is 2.32. The summed E-state index contributed by atoms with van der Waals surface area (Å²) in [4.78, 5) is 24.9. The Morgan fingerprint density at radius 2 is 2.11 bits per heavy atom. The number of urea groups is 1. The summed E-state index contributed by atoms with van der Waals surface area (Å²) in [5.41, 5.74) is 0. The summed E-state index contributed by atoms with van der Waals surface area (Å²) in [6, 6.07) is -0.411. The van der Waals surface area contributed by atoms with Gasteiger partial charge in [0.1, 0.15) is 0 Å². The number of rotatable bonds is 5. The van der Waals surface area contributed by atoms with Crippen LogP contribution in [0.4, 0.5) is 4.79 Å². The van der Waals surface area contributed by atoms with Crippen LogP contribution in [-0.4, -0.2) is 56.6 Å². The van der Waals surface area contributed by atoms with Crippen LogP contribution >= 0.6 is 12.4 Å². The zero-order valence-corrected chi connectivity index (χ0v) is 12.5. The molecule has 7 heteroatoms. The van der Waals surface area contributed by atoms with Crippen LogP contribution in [0, 0.1) is 5.92 Å². The molecule has 3 amide bonds. The van der Waals surface area contributed by atoms with Gasteiger partial charge in [-0.25, -0.2) is 4.79 Å². The minimum atomic E-state index is -0.411. The molecule has 0 radical (unpaired) electrons. The Bertz CT molecular complexity index is 287. The summed E-state index contributed by atoms with van der Waals surface area (Å²) in [5, 5.41) is 8.04. The third-order valence-corrected chi connectivity index (χ3v) is 3.05. The van der Waals surface area contributed by atoms with E-state index in [0.717, 1.165) is 26.1 Å². The van der Waals surface area contributed by atoms with E-state index in [-0.39, 0.29) is 18.3 Å². The molecule has 1 aliphatic rings. The van der Waals surface area contributed by atoms with Gasteiger partial charge in [-0.1, -0.05) is 0 Å².